The summed E-state index contributed by atoms with van der Waals surface area (Å²) < 4.78 is 15.4. The van der Waals surface area contributed by atoms with Crippen LogP contribution in [0.5, 0.6) is 5.75 Å². The lowest BCUT2D eigenvalue weighted by Crippen LogP contribution is -2.21. The van der Waals surface area contributed by atoms with Gasteiger partial charge in [-0.3, -0.25) is 9.59 Å². The van der Waals surface area contributed by atoms with Crippen molar-refractivity contribution in [3.63, 3.8) is 0 Å². The maximum absolute atomic E-state index is 11.2. The molecule has 0 bridgehead atoms. The predicted octanol–water partition coefficient (Wildman–Crippen LogP) is 2.50. The summed E-state index contributed by atoms with van der Waals surface area (Å²) in [6.45, 7) is 4.76. The second kappa shape index (κ2) is 7.53. The highest BCUT2D eigenvalue weighted by molar-refractivity contribution is 5.66. The van der Waals surface area contributed by atoms with Gasteiger partial charge < -0.3 is 14.2 Å². The lowest BCUT2D eigenvalue weighted by molar-refractivity contribution is -0.152. The first-order valence-electron chi connectivity index (χ1n) is 6.38. The van der Waals surface area contributed by atoms with Crippen LogP contribution in [-0.4, -0.2) is 25.7 Å². The van der Waals surface area contributed by atoms with Crippen LogP contribution in [0.1, 0.15) is 32.4 Å². The molecule has 0 saturated heterocycles. The van der Waals surface area contributed by atoms with Crippen LogP contribution in [0.2, 0.25) is 0 Å². The van der Waals surface area contributed by atoms with Gasteiger partial charge in [0, 0.05) is 19.8 Å². The topological polar surface area (TPSA) is 61.8 Å². The number of esters is 2. The van der Waals surface area contributed by atoms with E-state index in [9.17, 15) is 9.59 Å². The molecular formula is C15H20O5. The van der Waals surface area contributed by atoms with Gasteiger partial charge in [-0.15, -0.1) is 0 Å². The lowest BCUT2D eigenvalue weighted by atomic mass is 9.97. The van der Waals surface area contributed by atoms with E-state index in [1.165, 1.54) is 13.8 Å². The summed E-state index contributed by atoms with van der Waals surface area (Å²) in [4.78, 5) is 22.1. The first kappa shape index (κ1) is 16.0. The van der Waals surface area contributed by atoms with Crippen molar-refractivity contribution in [2.45, 2.75) is 26.9 Å². The number of hydrogen-bond donors (Lipinski definition) is 0. The molecule has 5 heteroatoms. The van der Waals surface area contributed by atoms with E-state index >= 15 is 0 Å². The third-order valence-electron chi connectivity index (χ3n) is 2.80. The van der Waals surface area contributed by atoms with E-state index < -0.39 is 6.10 Å². The molecule has 0 spiro atoms. The van der Waals surface area contributed by atoms with Crippen LogP contribution in [0.4, 0.5) is 0 Å². The Bertz CT molecular complexity index is 452. The summed E-state index contributed by atoms with van der Waals surface area (Å²) in [5, 5.41) is 0. The van der Waals surface area contributed by atoms with Gasteiger partial charge in [0.15, 0.2) is 0 Å². The number of carbonyl (C=O) groups is 2. The highest BCUT2D eigenvalue weighted by Gasteiger charge is 2.23. The Morgan fingerprint density at radius 2 is 1.70 bits per heavy atom. The van der Waals surface area contributed by atoms with E-state index in [4.69, 9.17) is 14.2 Å². The summed E-state index contributed by atoms with van der Waals surface area (Å²) in [6, 6.07) is 7.25. The fourth-order valence-corrected chi connectivity index (χ4v) is 1.82. The Morgan fingerprint density at radius 3 is 2.15 bits per heavy atom. The second-order valence-corrected chi connectivity index (χ2v) is 4.58. The van der Waals surface area contributed by atoms with E-state index in [-0.39, 0.29) is 24.5 Å². The van der Waals surface area contributed by atoms with Gasteiger partial charge in [-0.2, -0.15) is 0 Å². The quantitative estimate of drug-likeness (QED) is 0.749. The molecule has 0 amide bonds. The molecule has 20 heavy (non-hydrogen) atoms. The van der Waals surface area contributed by atoms with E-state index in [1.807, 2.05) is 19.1 Å². The maximum Gasteiger partial charge on any atom is 0.303 e. The fraction of sp³-hybridized carbons (Fsp3) is 0.467. The van der Waals surface area contributed by atoms with Gasteiger partial charge >= 0.3 is 11.9 Å². The predicted molar refractivity (Wildman–Crippen MR) is 73.3 cm³/mol. The average molecular weight is 280 g/mol. The summed E-state index contributed by atoms with van der Waals surface area (Å²) >= 11 is 0. The van der Waals surface area contributed by atoms with Gasteiger partial charge in [-0.25, -0.2) is 0 Å². The van der Waals surface area contributed by atoms with Crippen LogP contribution < -0.4 is 4.74 Å². The zero-order valence-electron chi connectivity index (χ0n) is 12.2. The fourth-order valence-electron chi connectivity index (χ4n) is 1.82. The molecular weight excluding hydrogens is 260 g/mol. The van der Waals surface area contributed by atoms with Gasteiger partial charge in [-0.05, 0) is 17.7 Å². The van der Waals surface area contributed by atoms with Gasteiger partial charge in [-0.1, -0.05) is 19.1 Å². The summed E-state index contributed by atoms with van der Waals surface area (Å²) in [6.07, 6.45) is -0.460. The molecule has 0 saturated carbocycles. The van der Waals surface area contributed by atoms with Crippen LogP contribution in [0.25, 0.3) is 0 Å². The number of benzene rings is 1. The van der Waals surface area contributed by atoms with Crippen LogP contribution >= 0.6 is 0 Å². The highest BCUT2D eigenvalue weighted by atomic mass is 16.6. The minimum Gasteiger partial charge on any atom is -0.497 e. The molecule has 0 aromatic heterocycles. The van der Waals surface area contributed by atoms with Crippen molar-refractivity contribution in [1.82, 2.24) is 0 Å². The Labute approximate surface area is 118 Å². The third kappa shape index (κ3) is 4.91. The Balaban J connectivity index is 2.86. The minimum atomic E-state index is -0.460. The molecule has 1 rings (SSSR count). The number of ether oxygens (including phenoxy) is 3. The van der Waals surface area contributed by atoms with Crippen LogP contribution in [0, 0.1) is 5.92 Å². The molecule has 0 aliphatic heterocycles. The van der Waals surface area contributed by atoms with Gasteiger partial charge in [0.1, 0.15) is 11.9 Å². The Kier molecular flexibility index (Phi) is 6.03. The number of carbonyl (C=O) groups excluding carboxylic acids is 2. The number of hydrogen-bond acceptors (Lipinski definition) is 5. The molecule has 2 atom stereocenters. The summed E-state index contributed by atoms with van der Waals surface area (Å²) in [5.74, 6) is -0.146. The molecule has 0 fully saturated rings. The SMILES string of the molecule is COc1ccc([C@H](OC(C)=O)[C@H](C)COC(C)=O)cc1. The number of rotatable bonds is 6. The standard InChI is InChI=1S/C15H20O5/c1-10(9-19-11(2)16)15(20-12(3)17)13-5-7-14(18-4)8-6-13/h5-8,10,15H,9H2,1-4H3/t10-,15-/m1/s1. The van der Waals surface area contributed by atoms with Crippen molar-refractivity contribution in [2.24, 2.45) is 5.92 Å². The zero-order valence-corrected chi connectivity index (χ0v) is 12.2. The zero-order chi connectivity index (χ0) is 15.1. The van der Waals surface area contributed by atoms with E-state index in [2.05, 4.69) is 0 Å². The first-order valence-corrected chi connectivity index (χ1v) is 6.38. The van der Waals surface area contributed by atoms with Crippen LogP contribution in [0.3, 0.4) is 0 Å². The molecule has 0 aliphatic rings. The number of methoxy groups -OCH3 is 1. The molecule has 0 heterocycles. The van der Waals surface area contributed by atoms with Crippen LogP contribution in [0.15, 0.2) is 24.3 Å². The summed E-state index contributed by atoms with van der Waals surface area (Å²) in [5.41, 5.74) is 0.834. The van der Waals surface area contributed by atoms with Gasteiger partial charge in [0.05, 0.1) is 13.7 Å². The Hall–Kier alpha value is -2.04. The van der Waals surface area contributed by atoms with Gasteiger partial charge in [0.25, 0.3) is 0 Å². The molecule has 110 valence electrons. The first-order chi connectivity index (χ1) is 9.43. The molecule has 0 radical (unpaired) electrons. The van der Waals surface area contributed by atoms with E-state index in [1.54, 1.807) is 19.2 Å². The molecule has 0 unspecified atom stereocenters. The minimum absolute atomic E-state index is 0.142. The monoisotopic (exact) mass is 280 g/mol. The van der Waals surface area contributed by atoms with E-state index in [0.29, 0.717) is 0 Å². The van der Waals surface area contributed by atoms with Crippen molar-refractivity contribution in [3.05, 3.63) is 29.8 Å². The van der Waals surface area contributed by atoms with Crippen molar-refractivity contribution in [2.75, 3.05) is 13.7 Å². The third-order valence-corrected chi connectivity index (χ3v) is 2.80. The second-order valence-electron chi connectivity index (χ2n) is 4.58. The van der Waals surface area contributed by atoms with Crippen LogP contribution in [-0.2, 0) is 19.1 Å². The lowest BCUT2D eigenvalue weighted by Gasteiger charge is -2.23. The van der Waals surface area contributed by atoms with Crippen molar-refractivity contribution >= 4 is 11.9 Å². The molecule has 1 aromatic carbocycles. The Morgan fingerprint density at radius 1 is 1.10 bits per heavy atom. The molecule has 0 N–H and O–H groups in total. The van der Waals surface area contributed by atoms with Crippen molar-refractivity contribution in [3.8, 4) is 5.75 Å². The maximum atomic E-state index is 11.2. The molecule has 1 aromatic rings. The smallest absolute Gasteiger partial charge is 0.303 e. The molecule has 0 aliphatic carbocycles. The van der Waals surface area contributed by atoms with Gasteiger partial charge in [0.2, 0.25) is 0 Å². The average Bonchev–Trinajstić information content (AvgIpc) is 2.42. The molecule has 5 nitrogen and oxygen atoms in total. The largest absolute Gasteiger partial charge is 0.497 e. The van der Waals surface area contributed by atoms with Crippen molar-refractivity contribution in [1.29, 1.82) is 0 Å². The summed E-state index contributed by atoms with van der Waals surface area (Å²) in [7, 11) is 1.59. The normalized spacial score (nSPS) is 13.2. The highest BCUT2D eigenvalue weighted by Crippen LogP contribution is 2.28. The van der Waals surface area contributed by atoms with E-state index in [0.717, 1.165) is 11.3 Å². The van der Waals surface area contributed by atoms with Crippen molar-refractivity contribution < 1.29 is 23.8 Å².